The van der Waals surface area contributed by atoms with Gasteiger partial charge in [-0.25, -0.2) is 0 Å². The molecule has 0 radical (unpaired) electrons. The van der Waals surface area contributed by atoms with Crippen LogP contribution in [0.1, 0.15) is 24.8 Å². The molecule has 0 spiro atoms. The minimum atomic E-state index is 0. The fraction of sp³-hybridized carbons (Fsp3) is 0.278. The Labute approximate surface area is 149 Å². The van der Waals surface area contributed by atoms with E-state index in [0.717, 1.165) is 12.2 Å². The van der Waals surface area contributed by atoms with Gasteiger partial charge in [0.2, 0.25) is 0 Å². The molecule has 22 heavy (non-hydrogen) atoms. The van der Waals surface area contributed by atoms with Gasteiger partial charge < -0.3 is 11.1 Å². The Balaban J connectivity index is 0.00000176. The van der Waals surface area contributed by atoms with E-state index in [2.05, 4.69) is 40.6 Å². The zero-order chi connectivity index (χ0) is 14.5. The Kier molecular flexibility index (Phi) is 5.83. The topological polar surface area (TPSA) is 50.4 Å². The normalized spacial score (nSPS) is 16.3. The molecule has 3 nitrogen and oxygen atoms in total. The smallest absolute Gasteiger partial charge is 0.193 e. The number of aliphatic imine (C=N–C) groups is 1. The number of nitrogens with zero attached hydrogens (tertiary/aromatic N) is 1. The molecule has 0 aromatic heterocycles. The number of rotatable bonds is 4. The standard InChI is InChI=1S/C18H21N3.HI/c19-17(21-16-10-5-2-6-11-16)20-14-18(12-7-13-18)15-8-3-1-4-9-15;/h1-6,8-11H,7,12-14H2,(H3,19,20,21);1H. The highest BCUT2D eigenvalue weighted by Crippen LogP contribution is 2.43. The van der Waals surface area contributed by atoms with Crippen molar-refractivity contribution in [2.75, 3.05) is 11.9 Å². The average molecular weight is 407 g/mol. The third kappa shape index (κ3) is 3.80. The van der Waals surface area contributed by atoms with Crippen LogP contribution >= 0.6 is 24.0 Å². The molecule has 0 amide bonds. The average Bonchev–Trinajstić information content (AvgIpc) is 2.48. The summed E-state index contributed by atoms with van der Waals surface area (Å²) in [7, 11) is 0. The van der Waals surface area contributed by atoms with E-state index in [-0.39, 0.29) is 29.4 Å². The van der Waals surface area contributed by atoms with Crippen LogP contribution in [0.2, 0.25) is 0 Å². The Morgan fingerprint density at radius 3 is 2.14 bits per heavy atom. The zero-order valence-corrected chi connectivity index (χ0v) is 14.9. The molecule has 116 valence electrons. The molecule has 1 aliphatic rings. The maximum absolute atomic E-state index is 6.01. The number of halogens is 1. The van der Waals surface area contributed by atoms with Gasteiger partial charge in [-0.3, -0.25) is 4.99 Å². The Hall–Kier alpha value is -1.56. The van der Waals surface area contributed by atoms with Gasteiger partial charge in [0.25, 0.3) is 0 Å². The van der Waals surface area contributed by atoms with E-state index < -0.39 is 0 Å². The number of guanidine groups is 1. The fourth-order valence-electron chi connectivity index (χ4n) is 2.88. The van der Waals surface area contributed by atoms with Crippen molar-refractivity contribution in [3.63, 3.8) is 0 Å². The first-order valence-electron chi connectivity index (χ1n) is 7.46. The van der Waals surface area contributed by atoms with Crippen LogP contribution in [-0.2, 0) is 5.41 Å². The molecule has 0 heterocycles. The summed E-state index contributed by atoms with van der Waals surface area (Å²) in [6.45, 7) is 0.753. The van der Waals surface area contributed by atoms with E-state index >= 15 is 0 Å². The number of para-hydroxylation sites is 1. The van der Waals surface area contributed by atoms with Gasteiger partial charge in [-0.15, -0.1) is 24.0 Å². The quantitative estimate of drug-likeness (QED) is 0.455. The summed E-state index contributed by atoms with van der Waals surface area (Å²) in [5.74, 6) is 0.489. The predicted molar refractivity (Wildman–Crippen MR) is 104 cm³/mol. The summed E-state index contributed by atoms with van der Waals surface area (Å²) in [5, 5.41) is 3.14. The highest BCUT2D eigenvalue weighted by molar-refractivity contribution is 14.0. The molecule has 3 N–H and O–H groups in total. The third-order valence-electron chi connectivity index (χ3n) is 4.30. The second kappa shape index (κ2) is 7.63. The first-order chi connectivity index (χ1) is 10.3. The first kappa shape index (κ1) is 16.8. The maximum Gasteiger partial charge on any atom is 0.193 e. The lowest BCUT2D eigenvalue weighted by molar-refractivity contribution is 0.254. The highest BCUT2D eigenvalue weighted by atomic mass is 127. The van der Waals surface area contributed by atoms with Crippen molar-refractivity contribution in [2.45, 2.75) is 24.7 Å². The first-order valence-corrected chi connectivity index (χ1v) is 7.46. The Morgan fingerprint density at radius 1 is 1.00 bits per heavy atom. The minimum Gasteiger partial charge on any atom is -0.370 e. The molecule has 0 aliphatic heterocycles. The SMILES string of the molecule is I.NC(=NCC1(c2ccccc2)CCC1)Nc1ccccc1. The van der Waals surface area contributed by atoms with Gasteiger partial charge in [0.05, 0.1) is 6.54 Å². The van der Waals surface area contributed by atoms with Gasteiger partial charge in [-0.05, 0) is 30.5 Å². The molecule has 4 heteroatoms. The monoisotopic (exact) mass is 407 g/mol. The second-order valence-corrected chi connectivity index (χ2v) is 5.69. The van der Waals surface area contributed by atoms with E-state index in [0.29, 0.717) is 5.96 Å². The van der Waals surface area contributed by atoms with Gasteiger partial charge in [-0.1, -0.05) is 55.0 Å². The largest absolute Gasteiger partial charge is 0.370 e. The molecule has 0 unspecified atom stereocenters. The van der Waals surface area contributed by atoms with Crippen LogP contribution in [-0.4, -0.2) is 12.5 Å². The molecule has 2 aromatic carbocycles. The number of benzene rings is 2. The molecule has 3 rings (SSSR count). The fourth-order valence-corrected chi connectivity index (χ4v) is 2.88. The van der Waals surface area contributed by atoms with Crippen LogP contribution in [0.25, 0.3) is 0 Å². The van der Waals surface area contributed by atoms with E-state index in [1.807, 2.05) is 30.3 Å². The van der Waals surface area contributed by atoms with Gasteiger partial charge >= 0.3 is 0 Å². The van der Waals surface area contributed by atoms with Gasteiger partial charge in [0.15, 0.2) is 5.96 Å². The summed E-state index contributed by atoms with van der Waals surface area (Å²) >= 11 is 0. The number of anilines is 1. The summed E-state index contributed by atoms with van der Waals surface area (Å²) in [4.78, 5) is 4.57. The summed E-state index contributed by atoms with van der Waals surface area (Å²) < 4.78 is 0. The molecular formula is C18H22IN3. The molecule has 2 aromatic rings. The van der Waals surface area contributed by atoms with Crippen LogP contribution in [0.4, 0.5) is 5.69 Å². The molecule has 0 saturated heterocycles. The lowest BCUT2D eigenvalue weighted by atomic mass is 9.64. The lowest BCUT2D eigenvalue weighted by Gasteiger charge is -2.41. The number of hydrogen-bond acceptors (Lipinski definition) is 1. The van der Waals surface area contributed by atoms with E-state index in [1.165, 1.54) is 24.8 Å². The van der Waals surface area contributed by atoms with Crippen LogP contribution in [0.5, 0.6) is 0 Å². The molecular weight excluding hydrogens is 385 g/mol. The van der Waals surface area contributed by atoms with E-state index in [4.69, 9.17) is 5.73 Å². The summed E-state index contributed by atoms with van der Waals surface area (Å²) in [6, 6.07) is 20.6. The minimum absolute atomic E-state index is 0. The third-order valence-corrected chi connectivity index (χ3v) is 4.30. The van der Waals surface area contributed by atoms with E-state index in [9.17, 15) is 0 Å². The van der Waals surface area contributed by atoms with Crippen molar-refractivity contribution in [3.05, 3.63) is 66.2 Å². The molecule has 0 atom stereocenters. The molecule has 1 saturated carbocycles. The highest BCUT2D eigenvalue weighted by Gasteiger charge is 2.38. The van der Waals surface area contributed by atoms with Gasteiger partial charge in [0, 0.05) is 11.1 Å². The predicted octanol–water partition coefficient (Wildman–Crippen LogP) is 4.15. The van der Waals surface area contributed by atoms with Crippen molar-refractivity contribution >= 4 is 35.6 Å². The Bertz CT molecular complexity index is 607. The number of hydrogen-bond donors (Lipinski definition) is 2. The lowest BCUT2D eigenvalue weighted by Crippen LogP contribution is -2.38. The van der Waals surface area contributed by atoms with Gasteiger partial charge in [0.1, 0.15) is 0 Å². The van der Waals surface area contributed by atoms with Gasteiger partial charge in [-0.2, -0.15) is 0 Å². The van der Waals surface area contributed by atoms with Crippen molar-refractivity contribution < 1.29 is 0 Å². The summed E-state index contributed by atoms with van der Waals surface area (Å²) in [6.07, 6.45) is 3.66. The summed E-state index contributed by atoms with van der Waals surface area (Å²) in [5.41, 5.74) is 8.55. The van der Waals surface area contributed by atoms with Crippen molar-refractivity contribution in [2.24, 2.45) is 10.7 Å². The molecule has 0 bridgehead atoms. The van der Waals surface area contributed by atoms with Crippen LogP contribution in [0, 0.1) is 0 Å². The Morgan fingerprint density at radius 2 is 1.59 bits per heavy atom. The number of nitrogens with two attached hydrogens (primary N) is 1. The number of nitrogens with one attached hydrogen (secondary N) is 1. The van der Waals surface area contributed by atoms with Crippen LogP contribution < -0.4 is 11.1 Å². The molecule has 1 aliphatic carbocycles. The zero-order valence-electron chi connectivity index (χ0n) is 12.5. The second-order valence-electron chi connectivity index (χ2n) is 5.69. The van der Waals surface area contributed by atoms with Crippen molar-refractivity contribution in [3.8, 4) is 0 Å². The van der Waals surface area contributed by atoms with E-state index in [1.54, 1.807) is 0 Å². The van der Waals surface area contributed by atoms with Crippen molar-refractivity contribution in [1.82, 2.24) is 0 Å². The molecule has 1 fully saturated rings. The van der Waals surface area contributed by atoms with Crippen molar-refractivity contribution in [1.29, 1.82) is 0 Å². The maximum atomic E-state index is 6.01. The van der Waals surface area contributed by atoms with Crippen LogP contribution in [0.3, 0.4) is 0 Å². The van der Waals surface area contributed by atoms with Crippen LogP contribution in [0.15, 0.2) is 65.7 Å².